The van der Waals surface area contributed by atoms with Gasteiger partial charge in [-0.3, -0.25) is 4.79 Å². The van der Waals surface area contributed by atoms with Crippen LogP contribution in [0.2, 0.25) is 0 Å². The summed E-state index contributed by atoms with van der Waals surface area (Å²) in [4.78, 5) is 11.2. The molecule has 1 atom stereocenters. The highest BCUT2D eigenvalue weighted by atomic mass is 16.5. The SMILES string of the molecule is COCC(N)C(=O)NCCC(C)C. The molecule has 0 saturated heterocycles. The number of amides is 1. The minimum Gasteiger partial charge on any atom is -0.383 e. The number of ether oxygens (including phenoxy) is 1. The predicted octanol–water partition coefficient (Wildman–Crippen LogP) is 0.122. The van der Waals surface area contributed by atoms with E-state index in [2.05, 4.69) is 19.2 Å². The van der Waals surface area contributed by atoms with Crippen molar-refractivity contribution in [2.45, 2.75) is 26.3 Å². The van der Waals surface area contributed by atoms with Gasteiger partial charge < -0.3 is 15.8 Å². The second-order valence-corrected chi connectivity index (χ2v) is 3.54. The van der Waals surface area contributed by atoms with Gasteiger partial charge in [-0.05, 0) is 12.3 Å². The summed E-state index contributed by atoms with van der Waals surface area (Å²) in [6.07, 6.45) is 0.978. The largest absolute Gasteiger partial charge is 0.383 e. The van der Waals surface area contributed by atoms with Gasteiger partial charge in [-0.25, -0.2) is 0 Å². The lowest BCUT2D eigenvalue weighted by Crippen LogP contribution is -2.43. The molecule has 3 N–H and O–H groups in total. The van der Waals surface area contributed by atoms with Crippen molar-refractivity contribution in [2.75, 3.05) is 20.3 Å². The standard InChI is InChI=1S/C9H20N2O2/c1-7(2)4-5-11-9(12)8(10)6-13-3/h7-8H,4-6,10H2,1-3H3,(H,11,12). The zero-order valence-electron chi connectivity index (χ0n) is 8.67. The monoisotopic (exact) mass is 188 g/mol. The van der Waals surface area contributed by atoms with Crippen LogP contribution in [-0.4, -0.2) is 32.2 Å². The molecule has 1 amide bonds. The lowest BCUT2D eigenvalue weighted by molar-refractivity contribution is -0.123. The second kappa shape index (κ2) is 6.86. The molecule has 4 heteroatoms. The third-order valence-corrected chi connectivity index (χ3v) is 1.70. The second-order valence-electron chi connectivity index (χ2n) is 3.54. The Morgan fingerprint density at radius 3 is 2.62 bits per heavy atom. The molecule has 0 aromatic rings. The van der Waals surface area contributed by atoms with Gasteiger partial charge >= 0.3 is 0 Å². The summed E-state index contributed by atoms with van der Waals surface area (Å²) in [6.45, 7) is 5.18. The smallest absolute Gasteiger partial charge is 0.239 e. The van der Waals surface area contributed by atoms with Crippen molar-refractivity contribution in [2.24, 2.45) is 11.7 Å². The van der Waals surface area contributed by atoms with Crippen molar-refractivity contribution in [1.29, 1.82) is 0 Å². The van der Waals surface area contributed by atoms with Crippen LogP contribution in [0, 0.1) is 5.92 Å². The first kappa shape index (κ1) is 12.4. The number of carbonyl (C=O) groups excluding carboxylic acids is 1. The molecule has 0 aliphatic carbocycles. The van der Waals surface area contributed by atoms with Crippen LogP contribution in [-0.2, 0) is 9.53 Å². The first-order valence-electron chi connectivity index (χ1n) is 4.60. The Labute approximate surface area is 79.8 Å². The molecule has 78 valence electrons. The third kappa shape index (κ3) is 6.54. The Bertz CT molecular complexity index is 149. The normalized spacial score (nSPS) is 13.0. The number of hydrogen-bond donors (Lipinski definition) is 2. The fourth-order valence-corrected chi connectivity index (χ4v) is 0.870. The zero-order chi connectivity index (χ0) is 10.3. The summed E-state index contributed by atoms with van der Waals surface area (Å²) < 4.78 is 4.77. The number of hydrogen-bond acceptors (Lipinski definition) is 3. The van der Waals surface area contributed by atoms with Crippen molar-refractivity contribution in [3.05, 3.63) is 0 Å². The minimum absolute atomic E-state index is 0.137. The van der Waals surface area contributed by atoms with Gasteiger partial charge in [0.2, 0.25) is 5.91 Å². The Hall–Kier alpha value is -0.610. The molecule has 0 heterocycles. The fourth-order valence-electron chi connectivity index (χ4n) is 0.870. The Morgan fingerprint density at radius 2 is 2.15 bits per heavy atom. The van der Waals surface area contributed by atoms with Crippen LogP contribution >= 0.6 is 0 Å². The number of nitrogens with two attached hydrogens (primary N) is 1. The van der Waals surface area contributed by atoms with Crippen LogP contribution < -0.4 is 11.1 Å². The molecule has 0 spiro atoms. The Morgan fingerprint density at radius 1 is 1.54 bits per heavy atom. The van der Waals surface area contributed by atoms with E-state index in [0.717, 1.165) is 6.42 Å². The van der Waals surface area contributed by atoms with Crippen molar-refractivity contribution < 1.29 is 9.53 Å². The molecule has 0 saturated carbocycles. The van der Waals surface area contributed by atoms with Crippen LogP contribution in [0.25, 0.3) is 0 Å². The van der Waals surface area contributed by atoms with Crippen LogP contribution in [0.1, 0.15) is 20.3 Å². The highest BCUT2D eigenvalue weighted by Gasteiger charge is 2.11. The molecular formula is C9H20N2O2. The summed E-state index contributed by atoms with van der Waals surface area (Å²) in [6, 6.07) is -0.544. The van der Waals surface area contributed by atoms with E-state index in [0.29, 0.717) is 12.5 Å². The lowest BCUT2D eigenvalue weighted by Gasteiger charge is -2.11. The third-order valence-electron chi connectivity index (χ3n) is 1.70. The van der Waals surface area contributed by atoms with Crippen LogP contribution in [0.5, 0.6) is 0 Å². The molecule has 0 aromatic heterocycles. The number of nitrogens with one attached hydrogen (secondary N) is 1. The Balaban J connectivity index is 3.50. The van der Waals surface area contributed by atoms with E-state index < -0.39 is 6.04 Å². The first-order chi connectivity index (χ1) is 6.07. The van der Waals surface area contributed by atoms with Crippen LogP contribution in [0.15, 0.2) is 0 Å². The van der Waals surface area contributed by atoms with Crippen molar-refractivity contribution >= 4 is 5.91 Å². The van der Waals surface area contributed by atoms with E-state index in [9.17, 15) is 4.79 Å². The molecule has 0 bridgehead atoms. The maximum absolute atomic E-state index is 11.2. The molecule has 0 radical (unpaired) electrons. The van der Waals surface area contributed by atoms with Crippen molar-refractivity contribution in [1.82, 2.24) is 5.32 Å². The Kier molecular flexibility index (Phi) is 6.54. The van der Waals surface area contributed by atoms with Crippen molar-refractivity contribution in [3.63, 3.8) is 0 Å². The van der Waals surface area contributed by atoms with E-state index in [4.69, 9.17) is 10.5 Å². The quantitative estimate of drug-likeness (QED) is 0.622. The molecule has 0 aromatic carbocycles. The van der Waals surface area contributed by atoms with E-state index in [-0.39, 0.29) is 12.5 Å². The molecule has 0 aliphatic rings. The maximum atomic E-state index is 11.2. The first-order valence-corrected chi connectivity index (χ1v) is 4.60. The summed E-state index contributed by atoms with van der Waals surface area (Å²) in [5.41, 5.74) is 5.51. The van der Waals surface area contributed by atoms with Crippen molar-refractivity contribution in [3.8, 4) is 0 Å². The van der Waals surface area contributed by atoms with Gasteiger partial charge in [0, 0.05) is 13.7 Å². The average molecular weight is 188 g/mol. The highest BCUT2D eigenvalue weighted by Crippen LogP contribution is 1.96. The number of carbonyl (C=O) groups is 1. The topological polar surface area (TPSA) is 64.3 Å². The van der Waals surface area contributed by atoms with Crippen LogP contribution in [0.4, 0.5) is 0 Å². The van der Waals surface area contributed by atoms with E-state index in [1.807, 2.05) is 0 Å². The molecular weight excluding hydrogens is 168 g/mol. The molecule has 4 nitrogen and oxygen atoms in total. The summed E-state index contributed by atoms with van der Waals surface area (Å²) in [5.74, 6) is 0.460. The molecule has 1 unspecified atom stereocenters. The van der Waals surface area contributed by atoms with E-state index >= 15 is 0 Å². The summed E-state index contributed by atoms with van der Waals surface area (Å²) >= 11 is 0. The van der Waals surface area contributed by atoms with Crippen LogP contribution in [0.3, 0.4) is 0 Å². The average Bonchev–Trinajstić information content (AvgIpc) is 2.04. The van der Waals surface area contributed by atoms with Gasteiger partial charge in [-0.15, -0.1) is 0 Å². The summed E-state index contributed by atoms with van der Waals surface area (Å²) in [7, 11) is 1.53. The molecule has 0 rings (SSSR count). The van der Waals surface area contributed by atoms with Gasteiger partial charge in [0.15, 0.2) is 0 Å². The van der Waals surface area contributed by atoms with Gasteiger partial charge in [-0.2, -0.15) is 0 Å². The number of rotatable bonds is 6. The van der Waals surface area contributed by atoms with Gasteiger partial charge in [0.05, 0.1) is 6.61 Å². The van der Waals surface area contributed by atoms with E-state index in [1.165, 1.54) is 7.11 Å². The van der Waals surface area contributed by atoms with Gasteiger partial charge in [-0.1, -0.05) is 13.8 Å². The van der Waals surface area contributed by atoms with E-state index in [1.54, 1.807) is 0 Å². The number of methoxy groups -OCH3 is 1. The van der Waals surface area contributed by atoms with Gasteiger partial charge in [0.25, 0.3) is 0 Å². The molecule has 0 fully saturated rings. The molecule has 13 heavy (non-hydrogen) atoms. The summed E-state index contributed by atoms with van der Waals surface area (Å²) in [5, 5.41) is 2.75. The zero-order valence-corrected chi connectivity index (χ0v) is 8.67. The molecule has 0 aliphatic heterocycles. The maximum Gasteiger partial charge on any atom is 0.239 e. The predicted molar refractivity (Wildman–Crippen MR) is 52.3 cm³/mol. The fraction of sp³-hybridized carbons (Fsp3) is 0.889. The highest BCUT2D eigenvalue weighted by molar-refractivity contribution is 5.81. The van der Waals surface area contributed by atoms with Gasteiger partial charge in [0.1, 0.15) is 6.04 Å². The minimum atomic E-state index is -0.544. The lowest BCUT2D eigenvalue weighted by atomic mass is 10.1.